The number of amides is 1. The number of rotatable bonds is 6. The second-order valence-electron chi connectivity index (χ2n) is 5.75. The van der Waals surface area contributed by atoms with Crippen LogP contribution in [0.1, 0.15) is 21.6 Å². The third-order valence-electron chi connectivity index (χ3n) is 3.90. The molecule has 2 aromatic carbocycles. The van der Waals surface area contributed by atoms with Crippen molar-refractivity contribution in [2.24, 2.45) is 0 Å². The van der Waals surface area contributed by atoms with E-state index in [1.165, 1.54) is 22.9 Å². The minimum atomic E-state index is -0.299. The summed E-state index contributed by atoms with van der Waals surface area (Å²) in [4.78, 5) is 21.3. The highest BCUT2D eigenvalue weighted by Gasteiger charge is 2.15. The van der Waals surface area contributed by atoms with Crippen LogP contribution >= 0.6 is 27.7 Å². The van der Waals surface area contributed by atoms with Crippen molar-refractivity contribution in [1.82, 2.24) is 9.97 Å². The zero-order valence-electron chi connectivity index (χ0n) is 14.9. The third-order valence-corrected chi connectivity index (χ3v) is 5.39. The van der Waals surface area contributed by atoms with Crippen LogP contribution < -0.4 is 10.1 Å². The van der Waals surface area contributed by atoms with Gasteiger partial charge in [0.2, 0.25) is 0 Å². The fraction of sp³-hybridized carbons (Fsp3) is 0.150. The molecule has 0 fully saturated rings. The molecule has 27 heavy (non-hydrogen) atoms. The maximum atomic E-state index is 12.6. The van der Waals surface area contributed by atoms with Crippen molar-refractivity contribution in [3.8, 4) is 5.75 Å². The topological polar surface area (TPSA) is 64.1 Å². The summed E-state index contributed by atoms with van der Waals surface area (Å²) in [5, 5.41) is 3.39. The van der Waals surface area contributed by atoms with Crippen molar-refractivity contribution in [2.45, 2.75) is 17.8 Å². The fourth-order valence-corrected chi connectivity index (χ4v) is 3.62. The van der Waals surface area contributed by atoms with Crippen molar-refractivity contribution in [3.63, 3.8) is 0 Å². The van der Waals surface area contributed by atoms with Crippen LogP contribution in [0.2, 0.25) is 0 Å². The molecular formula is C20H18BrN3O2S. The maximum absolute atomic E-state index is 12.6. The van der Waals surface area contributed by atoms with Crippen LogP contribution in [0.15, 0.2) is 64.4 Å². The van der Waals surface area contributed by atoms with Gasteiger partial charge >= 0.3 is 0 Å². The smallest absolute Gasteiger partial charge is 0.275 e. The van der Waals surface area contributed by atoms with E-state index in [1.54, 1.807) is 37.6 Å². The van der Waals surface area contributed by atoms with Gasteiger partial charge in [0.15, 0.2) is 5.16 Å². The van der Waals surface area contributed by atoms with Crippen molar-refractivity contribution in [2.75, 3.05) is 12.4 Å². The summed E-state index contributed by atoms with van der Waals surface area (Å²) in [6.45, 7) is 2.08. The first-order valence-electron chi connectivity index (χ1n) is 8.22. The lowest BCUT2D eigenvalue weighted by Gasteiger charge is -2.09. The van der Waals surface area contributed by atoms with E-state index in [9.17, 15) is 4.79 Å². The molecule has 3 aromatic rings. The number of aryl methyl sites for hydroxylation is 1. The Morgan fingerprint density at radius 2 is 1.93 bits per heavy atom. The summed E-state index contributed by atoms with van der Waals surface area (Å²) >= 11 is 4.86. The van der Waals surface area contributed by atoms with Crippen LogP contribution in [0.5, 0.6) is 5.75 Å². The highest BCUT2D eigenvalue weighted by Crippen LogP contribution is 2.24. The second-order valence-corrected chi connectivity index (χ2v) is 7.54. The molecule has 3 rings (SSSR count). The summed E-state index contributed by atoms with van der Waals surface area (Å²) in [7, 11) is 1.60. The molecule has 0 aliphatic carbocycles. The molecule has 1 amide bonds. The Kier molecular flexibility index (Phi) is 6.47. The van der Waals surface area contributed by atoms with E-state index < -0.39 is 0 Å². The molecule has 1 aromatic heterocycles. The molecule has 5 nitrogen and oxygen atoms in total. The SMILES string of the molecule is COc1ccc(NC(=O)c2nc(SCc3ccccc3C)ncc2Br)cc1. The van der Waals surface area contributed by atoms with Crippen molar-refractivity contribution in [1.29, 1.82) is 0 Å². The number of thioether (sulfide) groups is 1. The van der Waals surface area contributed by atoms with Gasteiger partial charge in [0.05, 0.1) is 11.6 Å². The minimum absolute atomic E-state index is 0.299. The molecule has 1 heterocycles. The number of methoxy groups -OCH3 is 1. The molecule has 0 aliphatic heterocycles. The third kappa shape index (κ3) is 5.08. The lowest BCUT2D eigenvalue weighted by molar-refractivity contribution is 0.102. The molecule has 0 bridgehead atoms. The van der Waals surface area contributed by atoms with E-state index >= 15 is 0 Å². The first-order chi connectivity index (χ1) is 13.1. The average Bonchev–Trinajstić information content (AvgIpc) is 2.69. The van der Waals surface area contributed by atoms with Crippen LogP contribution in [0.4, 0.5) is 5.69 Å². The number of benzene rings is 2. The number of hydrogen-bond acceptors (Lipinski definition) is 5. The van der Waals surface area contributed by atoms with Gasteiger partial charge in [-0.1, -0.05) is 36.0 Å². The molecule has 138 valence electrons. The quantitative estimate of drug-likeness (QED) is 0.423. The Bertz CT molecular complexity index is 948. The summed E-state index contributed by atoms with van der Waals surface area (Å²) in [5.74, 6) is 1.17. The minimum Gasteiger partial charge on any atom is -0.497 e. The number of nitrogens with zero attached hydrogens (tertiary/aromatic N) is 2. The Morgan fingerprint density at radius 3 is 2.63 bits per heavy atom. The summed E-state index contributed by atoms with van der Waals surface area (Å²) in [6, 6.07) is 15.3. The van der Waals surface area contributed by atoms with Gasteiger partial charge in [0.1, 0.15) is 11.4 Å². The van der Waals surface area contributed by atoms with Crippen LogP contribution in [0.3, 0.4) is 0 Å². The van der Waals surface area contributed by atoms with E-state index in [1.807, 2.05) is 12.1 Å². The van der Waals surface area contributed by atoms with Crippen LogP contribution in [0.25, 0.3) is 0 Å². The first kappa shape index (κ1) is 19.4. The standard InChI is InChI=1S/C20H18BrN3O2S/c1-13-5-3-4-6-14(13)12-27-20-22-11-17(21)18(24-20)19(25)23-15-7-9-16(26-2)10-8-15/h3-11H,12H2,1-2H3,(H,23,25). The Balaban J connectivity index is 1.72. The van der Waals surface area contributed by atoms with E-state index in [2.05, 4.69) is 50.3 Å². The van der Waals surface area contributed by atoms with Crippen molar-refractivity contribution >= 4 is 39.3 Å². The van der Waals surface area contributed by atoms with E-state index in [0.29, 0.717) is 21.0 Å². The Morgan fingerprint density at radius 1 is 1.19 bits per heavy atom. The zero-order chi connectivity index (χ0) is 19.2. The van der Waals surface area contributed by atoms with Gasteiger partial charge in [0.25, 0.3) is 5.91 Å². The highest BCUT2D eigenvalue weighted by atomic mass is 79.9. The molecule has 0 saturated heterocycles. The van der Waals surface area contributed by atoms with Gasteiger partial charge in [-0.05, 0) is 58.2 Å². The first-order valence-corrected chi connectivity index (χ1v) is 10.00. The van der Waals surface area contributed by atoms with Gasteiger partial charge in [-0.3, -0.25) is 4.79 Å². The monoisotopic (exact) mass is 443 g/mol. The van der Waals surface area contributed by atoms with Gasteiger partial charge < -0.3 is 10.1 Å². The predicted molar refractivity (Wildman–Crippen MR) is 111 cm³/mol. The summed E-state index contributed by atoms with van der Waals surface area (Å²) < 4.78 is 5.67. The van der Waals surface area contributed by atoms with Gasteiger partial charge in [-0.15, -0.1) is 0 Å². The maximum Gasteiger partial charge on any atom is 0.275 e. The van der Waals surface area contributed by atoms with E-state index in [0.717, 1.165) is 11.5 Å². The number of aromatic nitrogens is 2. The Hall–Kier alpha value is -2.38. The van der Waals surface area contributed by atoms with Crippen LogP contribution in [-0.2, 0) is 5.75 Å². The molecule has 0 spiro atoms. The predicted octanol–water partition coefficient (Wildman–Crippen LogP) is 5.10. The molecular weight excluding hydrogens is 426 g/mol. The number of halogens is 1. The molecule has 1 N–H and O–H groups in total. The number of ether oxygens (including phenoxy) is 1. The molecule has 0 atom stereocenters. The zero-order valence-corrected chi connectivity index (χ0v) is 17.3. The van der Waals surface area contributed by atoms with Gasteiger partial charge in [0, 0.05) is 17.6 Å². The molecule has 0 unspecified atom stereocenters. The normalized spacial score (nSPS) is 10.5. The average molecular weight is 444 g/mol. The molecule has 0 aliphatic rings. The summed E-state index contributed by atoms with van der Waals surface area (Å²) in [6.07, 6.45) is 1.61. The molecule has 0 radical (unpaired) electrons. The van der Waals surface area contributed by atoms with Gasteiger partial charge in [-0.25, -0.2) is 9.97 Å². The lowest BCUT2D eigenvalue weighted by atomic mass is 10.1. The number of carbonyl (C=O) groups is 1. The molecule has 7 heteroatoms. The number of nitrogens with one attached hydrogen (secondary N) is 1. The molecule has 0 saturated carbocycles. The van der Waals surface area contributed by atoms with E-state index in [4.69, 9.17) is 4.74 Å². The highest BCUT2D eigenvalue weighted by molar-refractivity contribution is 9.10. The van der Waals surface area contributed by atoms with Crippen molar-refractivity contribution < 1.29 is 9.53 Å². The van der Waals surface area contributed by atoms with Crippen LogP contribution in [0, 0.1) is 6.92 Å². The van der Waals surface area contributed by atoms with Crippen LogP contribution in [-0.4, -0.2) is 23.0 Å². The number of carbonyl (C=O) groups excluding carboxylic acids is 1. The fourth-order valence-electron chi connectivity index (χ4n) is 2.36. The van der Waals surface area contributed by atoms with E-state index in [-0.39, 0.29) is 5.91 Å². The lowest BCUT2D eigenvalue weighted by Crippen LogP contribution is -2.15. The second kappa shape index (κ2) is 9.01. The van der Waals surface area contributed by atoms with Crippen molar-refractivity contribution in [3.05, 3.63) is 76.0 Å². The summed E-state index contributed by atoms with van der Waals surface area (Å²) in [5.41, 5.74) is 3.41. The number of anilines is 1. The largest absolute Gasteiger partial charge is 0.497 e. The Labute approximate surface area is 170 Å². The number of hydrogen-bond donors (Lipinski definition) is 1. The van der Waals surface area contributed by atoms with Gasteiger partial charge in [-0.2, -0.15) is 0 Å².